The van der Waals surface area contributed by atoms with Crippen LogP contribution in [0.4, 0.5) is 5.69 Å². The van der Waals surface area contributed by atoms with Crippen LogP contribution in [0, 0.1) is 18.3 Å². The van der Waals surface area contributed by atoms with Gasteiger partial charge in [-0.25, -0.2) is 4.68 Å². The Labute approximate surface area is 180 Å². The zero-order valence-corrected chi connectivity index (χ0v) is 17.3. The quantitative estimate of drug-likeness (QED) is 0.363. The molecule has 0 aliphatic rings. The minimum absolute atomic E-state index is 0.117. The molecule has 0 unspecified atom stereocenters. The van der Waals surface area contributed by atoms with Crippen molar-refractivity contribution in [3.63, 3.8) is 0 Å². The molecule has 7 heteroatoms. The number of carbonyl (C=O) groups excluding carboxylic acids is 1. The molecule has 0 saturated heterocycles. The molecule has 0 bridgehead atoms. The van der Waals surface area contributed by atoms with Gasteiger partial charge in [0.05, 0.1) is 11.4 Å². The lowest BCUT2D eigenvalue weighted by Gasteiger charge is -2.07. The summed E-state index contributed by atoms with van der Waals surface area (Å²) in [7, 11) is 1.73. The topological polar surface area (TPSA) is 89.0 Å². The molecule has 1 N–H and O–H groups in total. The number of carbonyl (C=O) groups is 1. The Morgan fingerprint density at radius 3 is 2.48 bits per heavy atom. The lowest BCUT2D eigenvalue weighted by molar-refractivity contribution is -0.112. The van der Waals surface area contributed by atoms with E-state index < -0.39 is 5.91 Å². The number of nitrogens with one attached hydrogen (secondary N) is 1. The van der Waals surface area contributed by atoms with Gasteiger partial charge >= 0.3 is 0 Å². The minimum Gasteiger partial charge on any atom is -0.490 e. The molecule has 31 heavy (non-hydrogen) atoms. The third kappa shape index (κ3) is 4.65. The third-order valence-corrected chi connectivity index (χ3v) is 4.72. The Morgan fingerprint density at radius 2 is 1.87 bits per heavy atom. The Balaban J connectivity index is 1.86. The predicted molar refractivity (Wildman–Crippen MR) is 120 cm³/mol. The largest absolute Gasteiger partial charge is 0.490 e. The molecule has 0 spiro atoms. The van der Waals surface area contributed by atoms with Crippen molar-refractivity contribution in [1.82, 2.24) is 9.36 Å². The molecule has 0 aliphatic heterocycles. The summed E-state index contributed by atoms with van der Waals surface area (Å²) in [4.78, 5) is 25.7. The van der Waals surface area contributed by atoms with Crippen LogP contribution in [0.5, 0.6) is 5.75 Å². The van der Waals surface area contributed by atoms with Gasteiger partial charge in [-0.05, 0) is 42.8 Å². The molecular weight excluding hydrogens is 392 g/mol. The van der Waals surface area contributed by atoms with Crippen LogP contribution < -0.4 is 15.6 Å². The van der Waals surface area contributed by atoms with Gasteiger partial charge in [0.15, 0.2) is 0 Å². The first-order chi connectivity index (χ1) is 15.0. The first-order valence-electron chi connectivity index (χ1n) is 9.57. The van der Waals surface area contributed by atoms with Crippen LogP contribution in [0.1, 0.15) is 11.3 Å². The molecule has 1 aromatic heterocycles. The Kier molecular flexibility index (Phi) is 6.53. The van der Waals surface area contributed by atoms with Crippen molar-refractivity contribution in [1.29, 1.82) is 5.26 Å². The summed E-state index contributed by atoms with van der Waals surface area (Å²) in [6.07, 6.45) is 3.10. The third-order valence-electron chi connectivity index (χ3n) is 4.72. The number of aromatic nitrogens is 2. The molecule has 0 fully saturated rings. The summed E-state index contributed by atoms with van der Waals surface area (Å²) >= 11 is 0. The van der Waals surface area contributed by atoms with E-state index in [1.165, 1.54) is 10.8 Å². The summed E-state index contributed by atoms with van der Waals surface area (Å²) < 4.78 is 8.54. The SMILES string of the molecule is C=CCOc1ccc(/C=C(\C#N)C(=O)Nc2c(C)n(C)n(-c3ccccc3)c2=O)cc1. The number of anilines is 1. The second kappa shape index (κ2) is 9.46. The molecule has 1 heterocycles. The van der Waals surface area contributed by atoms with Crippen molar-refractivity contribution < 1.29 is 9.53 Å². The Bertz CT molecular complexity index is 1230. The molecular formula is C24H22N4O3. The number of para-hydroxylation sites is 1. The van der Waals surface area contributed by atoms with Crippen molar-refractivity contribution in [3.05, 3.63) is 94.4 Å². The molecule has 3 aromatic rings. The maximum absolute atomic E-state index is 12.9. The smallest absolute Gasteiger partial charge is 0.295 e. The molecule has 3 rings (SSSR count). The molecule has 156 valence electrons. The van der Waals surface area contributed by atoms with Crippen LogP contribution in [0.25, 0.3) is 11.8 Å². The van der Waals surface area contributed by atoms with E-state index in [0.717, 1.165) is 0 Å². The first kappa shape index (κ1) is 21.4. The number of rotatable bonds is 7. The fraction of sp³-hybridized carbons (Fsp3) is 0.125. The first-order valence-corrected chi connectivity index (χ1v) is 9.57. The van der Waals surface area contributed by atoms with Crippen molar-refractivity contribution in [2.75, 3.05) is 11.9 Å². The van der Waals surface area contributed by atoms with Gasteiger partial charge in [0.1, 0.15) is 29.7 Å². The van der Waals surface area contributed by atoms with Crippen molar-refractivity contribution in [2.24, 2.45) is 7.05 Å². The van der Waals surface area contributed by atoms with Crippen molar-refractivity contribution >= 4 is 17.7 Å². The van der Waals surface area contributed by atoms with E-state index in [1.807, 2.05) is 24.3 Å². The minimum atomic E-state index is -0.652. The molecule has 0 atom stereocenters. The summed E-state index contributed by atoms with van der Waals surface area (Å²) in [6.45, 7) is 5.71. The van der Waals surface area contributed by atoms with Gasteiger partial charge in [0.25, 0.3) is 11.5 Å². The highest BCUT2D eigenvalue weighted by Gasteiger charge is 2.19. The summed E-state index contributed by atoms with van der Waals surface area (Å²) in [5.74, 6) is 0.00174. The lowest BCUT2D eigenvalue weighted by Crippen LogP contribution is -2.23. The maximum Gasteiger partial charge on any atom is 0.295 e. The number of nitrogens with zero attached hydrogens (tertiary/aromatic N) is 3. The van der Waals surface area contributed by atoms with Gasteiger partial charge < -0.3 is 10.1 Å². The van der Waals surface area contributed by atoms with Gasteiger partial charge in [-0.1, -0.05) is 43.0 Å². The van der Waals surface area contributed by atoms with E-state index in [4.69, 9.17) is 4.74 Å². The van der Waals surface area contributed by atoms with Crippen molar-refractivity contribution in [3.8, 4) is 17.5 Å². The summed E-state index contributed by atoms with van der Waals surface area (Å²) in [5.41, 5.74) is 1.54. The van der Waals surface area contributed by atoms with Gasteiger partial charge in [0, 0.05) is 7.05 Å². The van der Waals surface area contributed by atoms with Gasteiger partial charge in [0.2, 0.25) is 0 Å². The second-order valence-corrected chi connectivity index (χ2v) is 6.73. The number of benzene rings is 2. The second-order valence-electron chi connectivity index (χ2n) is 6.73. The number of ether oxygens (including phenoxy) is 1. The van der Waals surface area contributed by atoms with Crippen LogP contribution >= 0.6 is 0 Å². The maximum atomic E-state index is 12.9. The average molecular weight is 414 g/mol. The molecule has 0 aliphatic carbocycles. The normalized spacial score (nSPS) is 10.9. The highest BCUT2D eigenvalue weighted by molar-refractivity contribution is 6.09. The van der Waals surface area contributed by atoms with Crippen LogP contribution in [0.2, 0.25) is 0 Å². The summed E-state index contributed by atoms with van der Waals surface area (Å²) in [5, 5.41) is 12.1. The van der Waals surface area contributed by atoms with E-state index >= 15 is 0 Å². The zero-order valence-electron chi connectivity index (χ0n) is 17.3. The Morgan fingerprint density at radius 1 is 1.19 bits per heavy atom. The molecule has 7 nitrogen and oxygen atoms in total. The van der Waals surface area contributed by atoms with E-state index in [0.29, 0.717) is 29.3 Å². The fourth-order valence-corrected chi connectivity index (χ4v) is 3.02. The van der Waals surface area contributed by atoms with E-state index in [9.17, 15) is 14.9 Å². The molecule has 2 aromatic carbocycles. The molecule has 1 amide bonds. The highest BCUT2D eigenvalue weighted by Crippen LogP contribution is 2.17. The average Bonchev–Trinajstić information content (AvgIpc) is 3.00. The van der Waals surface area contributed by atoms with E-state index in [1.54, 1.807) is 61.1 Å². The van der Waals surface area contributed by atoms with Crippen LogP contribution in [0.3, 0.4) is 0 Å². The number of nitriles is 1. The summed E-state index contributed by atoms with van der Waals surface area (Å²) in [6, 6.07) is 18.0. The van der Waals surface area contributed by atoms with Crippen molar-refractivity contribution in [2.45, 2.75) is 6.92 Å². The zero-order chi connectivity index (χ0) is 22.4. The van der Waals surface area contributed by atoms with Gasteiger partial charge in [-0.3, -0.25) is 14.3 Å². The van der Waals surface area contributed by atoms with Crippen LogP contribution in [-0.4, -0.2) is 21.9 Å². The standard InChI is InChI=1S/C24H22N4O3/c1-4-14-31-21-12-10-18(11-13-21)15-19(16-25)23(29)26-22-17(2)27(3)28(24(22)30)20-8-6-5-7-9-20/h4-13,15H,1,14H2,2-3H3,(H,26,29)/b19-15+. The monoisotopic (exact) mass is 414 g/mol. The molecule has 0 radical (unpaired) electrons. The number of hydrogen-bond donors (Lipinski definition) is 1. The van der Waals surface area contributed by atoms with E-state index in [-0.39, 0.29) is 16.8 Å². The van der Waals surface area contributed by atoms with Crippen LogP contribution in [0.15, 0.2) is 77.6 Å². The van der Waals surface area contributed by atoms with E-state index in [2.05, 4.69) is 11.9 Å². The molecule has 0 saturated carbocycles. The number of amides is 1. The lowest BCUT2D eigenvalue weighted by atomic mass is 10.1. The fourth-order valence-electron chi connectivity index (χ4n) is 3.02. The highest BCUT2D eigenvalue weighted by atomic mass is 16.5. The van der Waals surface area contributed by atoms with Gasteiger partial charge in [-0.2, -0.15) is 5.26 Å². The Hall–Kier alpha value is -4.31. The number of hydrogen-bond acceptors (Lipinski definition) is 4. The van der Waals surface area contributed by atoms with Crippen LogP contribution in [-0.2, 0) is 11.8 Å². The van der Waals surface area contributed by atoms with Gasteiger partial charge in [-0.15, -0.1) is 0 Å². The predicted octanol–water partition coefficient (Wildman–Crippen LogP) is 3.59.